The maximum atomic E-state index is 12.6. The highest BCUT2D eigenvalue weighted by Gasteiger charge is 2.27. The van der Waals surface area contributed by atoms with Crippen molar-refractivity contribution in [2.24, 2.45) is 5.92 Å². The van der Waals surface area contributed by atoms with Gasteiger partial charge in [0.2, 0.25) is 15.9 Å². The summed E-state index contributed by atoms with van der Waals surface area (Å²) in [6.45, 7) is 2.75. The number of nitrogens with one attached hydrogen (secondary N) is 1. The Hall–Kier alpha value is -1.80. The molecule has 8 heteroatoms. The Morgan fingerprint density at radius 1 is 1.11 bits per heavy atom. The van der Waals surface area contributed by atoms with Gasteiger partial charge in [-0.3, -0.25) is 4.79 Å². The second kappa shape index (κ2) is 9.60. The van der Waals surface area contributed by atoms with Gasteiger partial charge in [-0.1, -0.05) is 12.8 Å². The van der Waals surface area contributed by atoms with Gasteiger partial charge in [-0.25, -0.2) is 8.42 Å². The Bertz CT molecular complexity index is 737. The van der Waals surface area contributed by atoms with Crippen molar-refractivity contribution in [3.05, 3.63) is 24.3 Å². The van der Waals surface area contributed by atoms with Crippen LogP contribution in [0.1, 0.15) is 32.1 Å². The minimum atomic E-state index is -3.28. The molecule has 1 aliphatic heterocycles. The maximum absolute atomic E-state index is 12.6. The van der Waals surface area contributed by atoms with Gasteiger partial charge in [0.15, 0.2) is 0 Å². The molecule has 3 rings (SSSR count). The predicted octanol–water partition coefficient (Wildman–Crippen LogP) is 1.84. The van der Waals surface area contributed by atoms with Gasteiger partial charge in [0.1, 0.15) is 5.75 Å². The highest BCUT2D eigenvalue weighted by atomic mass is 32.2. The van der Waals surface area contributed by atoms with Crippen LogP contribution < -0.4 is 15.0 Å². The lowest BCUT2D eigenvalue weighted by atomic mass is 10.1. The van der Waals surface area contributed by atoms with Crippen molar-refractivity contribution in [2.75, 3.05) is 50.5 Å². The van der Waals surface area contributed by atoms with Crippen molar-refractivity contribution in [1.29, 1.82) is 0 Å². The molecular weight excluding hydrogens is 378 g/mol. The van der Waals surface area contributed by atoms with Gasteiger partial charge in [0.05, 0.1) is 12.9 Å². The number of hydrogen-bond donors (Lipinski definition) is 1. The zero-order valence-electron chi connectivity index (χ0n) is 16.6. The standard InChI is InChI=1S/C20H31N3O4S/c1-27-19-9-7-18(8-10-19)22-12-14-23(15-13-22)28(25,26)16-4-11-21-20(24)17-5-2-3-6-17/h7-10,17H,2-6,11-16H2,1H3,(H,21,24). The SMILES string of the molecule is COc1ccc(N2CCN(S(=O)(=O)CCCNC(=O)C3CCCC3)CC2)cc1. The summed E-state index contributed by atoms with van der Waals surface area (Å²) in [5.41, 5.74) is 1.08. The van der Waals surface area contributed by atoms with Crippen LogP contribution in [0.25, 0.3) is 0 Å². The first kappa shape index (κ1) is 20.9. The molecule has 2 aliphatic rings. The van der Waals surface area contributed by atoms with Crippen molar-refractivity contribution in [3.8, 4) is 5.75 Å². The molecule has 1 aliphatic carbocycles. The van der Waals surface area contributed by atoms with Crippen molar-refractivity contribution < 1.29 is 17.9 Å². The molecular formula is C20H31N3O4S. The molecule has 0 unspecified atom stereocenters. The molecule has 7 nitrogen and oxygen atoms in total. The smallest absolute Gasteiger partial charge is 0.223 e. The van der Waals surface area contributed by atoms with E-state index in [9.17, 15) is 13.2 Å². The van der Waals surface area contributed by atoms with E-state index in [2.05, 4.69) is 10.2 Å². The third-order valence-electron chi connectivity index (χ3n) is 5.67. The first-order chi connectivity index (χ1) is 13.5. The summed E-state index contributed by atoms with van der Waals surface area (Å²) in [4.78, 5) is 14.2. The number of amides is 1. The third-order valence-corrected chi connectivity index (χ3v) is 7.63. The fourth-order valence-electron chi connectivity index (χ4n) is 3.95. The predicted molar refractivity (Wildman–Crippen MR) is 110 cm³/mol. The summed E-state index contributed by atoms with van der Waals surface area (Å²) in [6, 6.07) is 7.82. The van der Waals surface area contributed by atoms with E-state index < -0.39 is 10.0 Å². The molecule has 0 aromatic heterocycles. The number of anilines is 1. The molecule has 1 aromatic rings. The van der Waals surface area contributed by atoms with Gasteiger partial charge in [0.25, 0.3) is 0 Å². The number of piperazine rings is 1. The number of nitrogens with zero attached hydrogens (tertiary/aromatic N) is 2. The molecule has 0 radical (unpaired) electrons. The van der Waals surface area contributed by atoms with Crippen molar-refractivity contribution in [1.82, 2.24) is 9.62 Å². The Labute approximate surface area is 168 Å². The molecule has 1 saturated heterocycles. The highest BCUT2D eigenvalue weighted by molar-refractivity contribution is 7.89. The number of benzene rings is 1. The first-order valence-electron chi connectivity index (χ1n) is 10.1. The van der Waals surface area contributed by atoms with E-state index in [1.807, 2.05) is 24.3 Å². The second-order valence-corrected chi connectivity index (χ2v) is 9.61. The fraction of sp³-hybridized carbons (Fsp3) is 0.650. The largest absolute Gasteiger partial charge is 0.497 e. The van der Waals surface area contributed by atoms with Crippen LogP contribution >= 0.6 is 0 Å². The Kier molecular flexibility index (Phi) is 7.18. The van der Waals surface area contributed by atoms with Crippen LogP contribution in [0, 0.1) is 5.92 Å². The molecule has 1 heterocycles. The Morgan fingerprint density at radius 3 is 2.36 bits per heavy atom. The highest BCUT2D eigenvalue weighted by Crippen LogP contribution is 2.24. The molecule has 0 spiro atoms. The van der Waals surface area contributed by atoms with Crippen LogP contribution in [0.4, 0.5) is 5.69 Å². The molecule has 0 atom stereocenters. The number of methoxy groups -OCH3 is 1. The molecule has 2 fully saturated rings. The molecule has 1 N–H and O–H groups in total. The molecule has 1 amide bonds. The third kappa shape index (κ3) is 5.38. The topological polar surface area (TPSA) is 79.0 Å². The lowest BCUT2D eigenvalue weighted by molar-refractivity contribution is -0.124. The number of ether oxygens (including phenoxy) is 1. The van der Waals surface area contributed by atoms with E-state index in [0.29, 0.717) is 39.1 Å². The van der Waals surface area contributed by atoms with Crippen molar-refractivity contribution in [2.45, 2.75) is 32.1 Å². The van der Waals surface area contributed by atoms with Gasteiger partial charge in [-0.15, -0.1) is 0 Å². The van der Waals surface area contributed by atoms with Gasteiger partial charge >= 0.3 is 0 Å². The lowest BCUT2D eigenvalue weighted by Crippen LogP contribution is -2.49. The monoisotopic (exact) mass is 409 g/mol. The lowest BCUT2D eigenvalue weighted by Gasteiger charge is -2.35. The normalized spacial score (nSPS) is 19.0. The van der Waals surface area contributed by atoms with Gasteiger partial charge in [0, 0.05) is 44.3 Å². The van der Waals surface area contributed by atoms with E-state index >= 15 is 0 Å². The van der Waals surface area contributed by atoms with Crippen LogP contribution in [0.3, 0.4) is 0 Å². The number of hydrogen-bond acceptors (Lipinski definition) is 5. The maximum Gasteiger partial charge on any atom is 0.223 e. The van der Waals surface area contributed by atoms with E-state index in [1.165, 1.54) is 0 Å². The molecule has 1 saturated carbocycles. The number of carbonyl (C=O) groups is 1. The summed E-state index contributed by atoms with van der Waals surface area (Å²) >= 11 is 0. The first-order valence-corrected chi connectivity index (χ1v) is 11.7. The van der Waals surface area contributed by atoms with Crippen LogP contribution in [0.5, 0.6) is 5.75 Å². The van der Waals surface area contributed by atoms with Crippen LogP contribution in [0.15, 0.2) is 24.3 Å². The quantitative estimate of drug-likeness (QED) is 0.663. The van der Waals surface area contributed by atoms with E-state index in [1.54, 1.807) is 11.4 Å². The zero-order valence-corrected chi connectivity index (χ0v) is 17.4. The van der Waals surface area contributed by atoms with E-state index in [4.69, 9.17) is 4.74 Å². The Morgan fingerprint density at radius 2 is 1.75 bits per heavy atom. The summed E-state index contributed by atoms with van der Waals surface area (Å²) in [7, 11) is -1.64. The molecule has 0 bridgehead atoms. The van der Waals surface area contributed by atoms with Crippen LogP contribution in [-0.4, -0.2) is 64.2 Å². The fourth-order valence-corrected chi connectivity index (χ4v) is 5.43. The van der Waals surface area contributed by atoms with Crippen molar-refractivity contribution in [3.63, 3.8) is 0 Å². The summed E-state index contributed by atoms with van der Waals surface area (Å²) in [6.07, 6.45) is 4.62. The minimum Gasteiger partial charge on any atom is -0.497 e. The zero-order chi connectivity index (χ0) is 20.0. The summed E-state index contributed by atoms with van der Waals surface area (Å²) < 4.78 is 31.9. The van der Waals surface area contributed by atoms with Crippen molar-refractivity contribution >= 4 is 21.6 Å². The van der Waals surface area contributed by atoms with Crippen LogP contribution in [0.2, 0.25) is 0 Å². The van der Waals surface area contributed by atoms with Gasteiger partial charge in [-0.05, 0) is 43.5 Å². The molecule has 156 valence electrons. The average Bonchev–Trinajstić information content (AvgIpc) is 3.26. The number of rotatable bonds is 8. The average molecular weight is 410 g/mol. The van der Waals surface area contributed by atoms with Gasteiger partial charge < -0.3 is 15.0 Å². The summed E-state index contributed by atoms with van der Waals surface area (Å²) in [5.74, 6) is 1.11. The number of carbonyl (C=O) groups excluding carboxylic acids is 1. The van der Waals surface area contributed by atoms with E-state index in [-0.39, 0.29) is 17.6 Å². The molecule has 28 heavy (non-hydrogen) atoms. The van der Waals surface area contributed by atoms with E-state index in [0.717, 1.165) is 37.1 Å². The number of sulfonamides is 1. The van der Waals surface area contributed by atoms with Crippen LogP contribution in [-0.2, 0) is 14.8 Å². The Balaban J connectivity index is 1.40. The van der Waals surface area contributed by atoms with Gasteiger partial charge in [-0.2, -0.15) is 4.31 Å². The summed E-state index contributed by atoms with van der Waals surface area (Å²) in [5, 5.41) is 2.90. The second-order valence-electron chi connectivity index (χ2n) is 7.53. The minimum absolute atomic E-state index is 0.0838. The molecule has 1 aromatic carbocycles.